The van der Waals surface area contributed by atoms with Gasteiger partial charge in [0.05, 0.1) is 7.11 Å². The maximum Gasteiger partial charge on any atom is 0.213 e. The molecule has 2 aromatic rings. The fourth-order valence-electron chi connectivity index (χ4n) is 1.29. The Morgan fingerprint density at radius 2 is 2.23 bits per heavy atom. The average molecular weight is 174 g/mol. The molecule has 3 heteroatoms. The fraction of sp³-hybridized carbons (Fsp3) is 0.100. The maximum absolute atomic E-state index is 5.80. The quantitative estimate of drug-likeness (QED) is 0.671. The second kappa shape index (κ2) is 2.94. The molecule has 2 N–H and O–H groups in total. The molecule has 66 valence electrons. The maximum atomic E-state index is 5.80. The molecule has 0 aliphatic heterocycles. The van der Waals surface area contributed by atoms with Gasteiger partial charge in [0.2, 0.25) is 5.88 Å². The molecule has 0 fully saturated rings. The van der Waals surface area contributed by atoms with Gasteiger partial charge in [-0.15, -0.1) is 0 Å². The number of nitrogen functional groups attached to an aromatic ring is 1. The highest BCUT2D eigenvalue weighted by Crippen LogP contribution is 2.22. The molecule has 0 amide bonds. The van der Waals surface area contributed by atoms with Gasteiger partial charge in [-0.25, -0.2) is 4.98 Å². The third kappa shape index (κ3) is 1.28. The van der Waals surface area contributed by atoms with E-state index in [1.807, 2.05) is 24.3 Å². The number of hydrogen-bond acceptors (Lipinski definition) is 3. The lowest BCUT2D eigenvalue weighted by Gasteiger charge is -2.03. The first-order valence-corrected chi connectivity index (χ1v) is 3.99. The third-order valence-electron chi connectivity index (χ3n) is 1.98. The van der Waals surface area contributed by atoms with Crippen molar-refractivity contribution in [2.45, 2.75) is 0 Å². The van der Waals surface area contributed by atoms with Gasteiger partial charge in [-0.05, 0) is 6.07 Å². The Morgan fingerprint density at radius 3 is 3.00 bits per heavy atom. The second-order valence-corrected chi connectivity index (χ2v) is 2.80. The molecule has 0 saturated heterocycles. The topological polar surface area (TPSA) is 48.1 Å². The standard InChI is InChI=1S/C10H10N2O/c1-13-10-5-8-7(6-12-10)3-2-4-9(8)11/h2-6H,11H2,1H3. The van der Waals surface area contributed by atoms with Crippen molar-refractivity contribution in [3.05, 3.63) is 30.5 Å². The zero-order valence-electron chi connectivity index (χ0n) is 7.32. The highest BCUT2D eigenvalue weighted by Gasteiger charge is 1.99. The molecule has 3 nitrogen and oxygen atoms in total. The number of anilines is 1. The molecular weight excluding hydrogens is 164 g/mol. The van der Waals surface area contributed by atoms with E-state index in [0.29, 0.717) is 5.88 Å². The third-order valence-corrected chi connectivity index (χ3v) is 1.98. The van der Waals surface area contributed by atoms with Crippen molar-refractivity contribution in [2.75, 3.05) is 12.8 Å². The lowest BCUT2D eigenvalue weighted by atomic mass is 10.1. The predicted octanol–water partition coefficient (Wildman–Crippen LogP) is 1.83. The van der Waals surface area contributed by atoms with Crippen LogP contribution in [-0.2, 0) is 0 Å². The lowest BCUT2D eigenvalue weighted by Crippen LogP contribution is -1.90. The Morgan fingerprint density at radius 1 is 1.38 bits per heavy atom. The van der Waals surface area contributed by atoms with Gasteiger partial charge in [-0.3, -0.25) is 0 Å². The van der Waals surface area contributed by atoms with E-state index in [2.05, 4.69) is 4.98 Å². The number of fused-ring (bicyclic) bond motifs is 1. The van der Waals surface area contributed by atoms with Crippen molar-refractivity contribution in [3.63, 3.8) is 0 Å². The Kier molecular flexibility index (Phi) is 1.77. The molecule has 0 spiro atoms. The van der Waals surface area contributed by atoms with Gasteiger partial charge in [0.1, 0.15) is 0 Å². The van der Waals surface area contributed by atoms with Crippen LogP contribution in [0.2, 0.25) is 0 Å². The summed E-state index contributed by atoms with van der Waals surface area (Å²) in [7, 11) is 1.59. The van der Waals surface area contributed by atoms with Crippen LogP contribution in [0.5, 0.6) is 5.88 Å². The van der Waals surface area contributed by atoms with Crippen LogP contribution in [0.4, 0.5) is 5.69 Å². The molecule has 1 aromatic heterocycles. The molecule has 1 aromatic carbocycles. The number of nitrogens with zero attached hydrogens (tertiary/aromatic N) is 1. The van der Waals surface area contributed by atoms with Crippen molar-refractivity contribution in [3.8, 4) is 5.88 Å². The number of aromatic nitrogens is 1. The Labute approximate surface area is 76.2 Å². The van der Waals surface area contributed by atoms with Crippen LogP contribution >= 0.6 is 0 Å². The van der Waals surface area contributed by atoms with Crippen LogP contribution in [0.25, 0.3) is 10.8 Å². The van der Waals surface area contributed by atoms with Gasteiger partial charge in [0.25, 0.3) is 0 Å². The highest BCUT2D eigenvalue weighted by atomic mass is 16.5. The molecule has 0 aliphatic rings. The minimum Gasteiger partial charge on any atom is -0.481 e. The Bertz CT molecular complexity index is 440. The molecule has 0 aliphatic carbocycles. The minimum atomic E-state index is 0.588. The summed E-state index contributed by atoms with van der Waals surface area (Å²) in [5.41, 5.74) is 6.54. The van der Waals surface area contributed by atoms with E-state index in [-0.39, 0.29) is 0 Å². The number of rotatable bonds is 1. The van der Waals surface area contributed by atoms with Crippen LogP contribution in [0.1, 0.15) is 0 Å². The van der Waals surface area contributed by atoms with Gasteiger partial charge in [0.15, 0.2) is 0 Å². The van der Waals surface area contributed by atoms with Crippen molar-refractivity contribution in [2.24, 2.45) is 0 Å². The number of ether oxygens (including phenoxy) is 1. The molecule has 0 saturated carbocycles. The summed E-state index contributed by atoms with van der Waals surface area (Å²) in [6.07, 6.45) is 1.75. The van der Waals surface area contributed by atoms with Gasteiger partial charge in [0, 0.05) is 28.7 Å². The number of hydrogen-bond donors (Lipinski definition) is 1. The highest BCUT2D eigenvalue weighted by molar-refractivity contribution is 5.92. The van der Waals surface area contributed by atoms with Crippen LogP contribution in [0, 0.1) is 0 Å². The summed E-state index contributed by atoms with van der Waals surface area (Å²) < 4.78 is 5.01. The molecule has 0 unspecified atom stereocenters. The van der Waals surface area contributed by atoms with Crippen molar-refractivity contribution >= 4 is 16.5 Å². The van der Waals surface area contributed by atoms with Crippen LogP contribution in [-0.4, -0.2) is 12.1 Å². The summed E-state index contributed by atoms with van der Waals surface area (Å²) in [5.74, 6) is 0.588. The fourth-order valence-corrected chi connectivity index (χ4v) is 1.29. The monoisotopic (exact) mass is 174 g/mol. The van der Waals surface area contributed by atoms with Crippen LogP contribution in [0.15, 0.2) is 30.5 Å². The average Bonchev–Trinajstić information content (AvgIpc) is 2.18. The number of benzene rings is 1. The summed E-state index contributed by atoms with van der Waals surface area (Å²) in [6, 6.07) is 7.58. The van der Waals surface area contributed by atoms with E-state index in [1.54, 1.807) is 13.3 Å². The zero-order valence-corrected chi connectivity index (χ0v) is 7.32. The molecule has 0 atom stereocenters. The van der Waals surface area contributed by atoms with Crippen LogP contribution < -0.4 is 10.5 Å². The lowest BCUT2D eigenvalue weighted by molar-refractivity contribution is 0.399. The molecule has 13 heavy (non-hydrogen) atoms. The van der Waals surface area contributed by atoms with E-state index >= 15 is 0 Å². The molecular formula is C10H10N2O. The van der Waals surface area contributed by atoms with Gasteiger partial charge in [-0.2, -0.15) is 0 Å². The summed E-state index contributed by atoms with van der Waals surface area (Å²) in [4.78, 5) is 4.09. The first-order valence-electron chi connectivity index (χ1n) is 3.99. The minimum absolute atomic E-state index is 0.588. The van der Waals surface area contributed by atoms with E-state index in [4.69, 9.17) is 10.5 Å². The first kappa shape index (κ1) is 7.86. The van der Waals surface area contributed by atoms with Crippen molar-refractivity contribution in [1.82, 2.24) is 4.98 Å². The van der Waals surface area contributed by atoms with Gasteiger partial charge in [-0.1, -0.05) is 12.1 Å². The summed E-state index contributed by atoms with van der Waals surface area (Å²) in [6.45, 7) is 0. The number of nitrogens with two attached hydrogens (primary N) is 1. The smallest absolute Gasteiger partial charge is 0.213 e. The number of pyridine rings is 1. The van der Waals surface area contributed by atoms with Crippen molar-refractivity contribution in [1.29, 1.82) is 0 Å². The molecule has 2 rings (SSSR count). The van der Waals surface area contributed by atoms with Gasteiger partial charge < -0.3 is 10.5 Å². The normalized spacial score (nSPS) is 10.2. The number of methoxy groups -OCH3 is 1. The zero-order chi connectivity index (χ0) is 9.26. The molecule has 0 radical (unpaired) electrons. The van der Waals surface area contributed by atoms with Crippen molar-refractivity contribution < 1.29 is 4.74 Å². The van der Waals surface area contributed by atoms with Crippen LogP contribution in [0.3, 0.4) is 0 Å². The van der Waals surface area contributed by atoms with E-state index in [1.165, 1.54) is 0 Å². The van der Waals surface area contributed by atoms with E-state index in [9.17, 15) is 0 Å². The molecule has 1 heterocycles. The SMILES string of the molecule is COc1cc2c(N)cccc2cn1. The van der Waals surface area contributed by atoms with Gasteiger partial charge >= 0.3 is 0 Å². The predicted molar refractivity (Wildman–Crippen MR) is 52.7 cm³/mol. The molecule has 0 bridgehead atoms. The summed E-state index contributed by atoms with van der Waals surface area (Å²) in [5, 5.41) is 2.01. The largest absolute Gasteiger partial charge is 0.481 e. The Hall–Kier alpha value is -1.77. The Balaban J connectivity index is 2.74. The van der Waals surface area contributed by atoms with E-state index in [0.717, 1.165) is 16.5 Å². The summed E-state index contributed by atoms with van der Waals surface area (Å²) >= 11 is 0. The second-order valence-electron chi connectivity index (χ2n) is 2.80. The van der Waals surface area contributed by atoms with E-state index < -0.39 is 0 Å². The first-order chi connectivity index (χ1) is 6.31.